The summed E-state index contributed by atoms with van der Waals surface area (Å²) in [4.78, 5) is 6.98. The molecule has 0 atom stereocenters. The first-order valence-electron chi connectivity index (χ1n) is 9.36. The molecule has 7 heteroatoms. The van der Waals surface area contributed by atoms with Crippen molar-refractivity contribution in [2.75, 3.05) is 51.8 Å². The fourth-order valence-corrected chi connectivity index (χ4v) is 3.34. The second-order valence-corrected chi connectivity index (χ2v) is 6.59. The molecule has 7 nitrogen and oxygen atoms in total. The van der Waals surface area contributed by atoms with Crippen molar-refractivity contribution in [1.82, 2.24) is 19.5 Å². The van der Waals surface area contributed by atoms with E-state index in [2.05, 4.69) is 20.3 Å². The number of benzene rings is 1. The van der Waals surface area contributed by atoms with Gasteiger partial charge in [-0.2, -0.15) is 9.61 Å². The molecule has 1 aliphatic heterocycles. The summed E-state index contributed by atoms with van der Waals surface area (Å²) in [6, 6.07) is 9.92. The van der Waals surface area contributed by atoms with Crippen LogP contribution < -0.4 is 10.1 Å². The van der Waals surface area contributed by atoms with Crippen LogP contribution >= 0.6 is 0 Å². The molecule has 1 aliphatic rings. The first kappa shape index (κ1) is 17.8. The van der Waals surface area contributed by atoms with Gasteiger partial charge in [-0.1, -0.05) is 12.1 Å². The minimum atomic E-state index is 0.839. The Bertz CT molecular complexity index is 872. The van der Waals surface area contributed by atoms with Crippen molar-refractivity contribution in [3.05, 3.63) is 42.7 Å². The maximum atomic E-state index is 5.39. The lowest BCUT2D eigenvalue weighted by atomic mass is 10.1. The van der Waals surface area contributed by atoms with Crippen LogP contribution in [0.4, 0.5) is 5.82 Å². The summed E-state index contributed by atoms with van der Waals surface area (Å²) in [5.41, 5.74) is 2.93. The summed E-state index contributed by atoms with van der Waals surface area (Å²) in [7, 11) is 1.67. The SMILES string of the molecule is COc1ccc(-c2cnn3c(NCCCN4CCOCC4)ccnc23)cc1. The van der Waals surface area contributed by atoms with E-state index in [4.69, 9.17) is 9.47 Å². The highest BCUT2D eigenvalue weighted by atomic mass is 16.5. The summed E-state index contributed by atoms with van der Waals surface area (Å²) in [5, 5.41) is 8.03. The lowest BCUT2D eigenvalue weighted by Gasteiger charge is -2.26. The summed E-state index contributed by atoms with van der Waals surface area (Å²) in [6.45, 7) is 5.74. The number of fused-ring (bicyclic) bond motifs is 1. The molecule has 0 amide bonds. The van der Waals surface area contributed by atoms with Crippen LogP contribution in [0.2, 0.25) is 0 Å². The van der Waals surface area contributed by atoms with Gasteiger partial charge in [-0.15, -0.1) is 0 Å². The van der Waals surface area contributed by atoms with Crippen molar-refractivity contribution in [2.45, 2.75) is 6.42 Å². The largest absolute Gasteiger partial charge is 0.497 e. The van der Waals surface area contributed by atoms with Gasteiger partial charge in [0, 0.05) is 31.4 Å². The van der Waals surface area contributed by atoms with Crippen molar-refractivity contribution in [3.8, 4) is 16.9 Å². The fourth-order valence-electron chi connectivity index (χ4n) is 3.34. The molecule has 27 heavy (non-hydrogen) atoms. The van der Waals surface area contributed by atoms with Crippen LogP contribution in [0.5, 0.6) is 5.75 Å². The van der Waals surface area contributed by atoms with Crippen LogP contribution in [0, 0.1) is 0 Å². The van der Waals surface area contributed by atoms with Gasteiger partial charge in [0.25, 0.3) is 0 Å². The molecular weight excluding hydrogens is 342 g/mol. The monoisotopic (exact) mass is 367 g/mol. The molecule has 142 valence electrons. The molecular formula is C20H25N5O2. The number of hydrogen-bond acceptors (Lipinski definition) is 6. The number of ether oxygens (including phenoxy) is 2. The van der Waals surface area contributed by atoms with E-state index >= 15 is 0 Å². The van der Waals surface area contributed by atoms with Crippen molar-refractivity contribution in [1.29, 1.82) is 0 Å². The van der Waals surface area contributed by atoms with Gasteiger partial charge in [-0.05, 0) is 36.7 Å². The van der Waals surface area contributed by atoms with Gasteiger partial charge in [0.2, 0.25) is 0 Å². The number of anilines is 1. The zero-order valence-corrected chi connectivity index (χ0v) is 15.6. The second-order valence-electron chi connectivity index (χ2n) is 6.59. The standard InChI is InChI=1S/C20H25N5O2/c1-26-17-5-3-16(4-6-17)18-15-23-25-19(7-9-22-20(18)25)21-8-2-10-24-11-13-27-14-12-24/h3-7,9,15,21H,2,8,10-14H2,1H3. The van der Waals surface area contributed by atoms with Crippen molar-refractivity contribution >= 4 is 11.5 Å². The Morgan fingerprint density at radius 3 is 2.74 bits per heavy atom. The minimum Gasteiger partial charge on any atom is -0.497 e. The molecule has 1 saturated heterocycles. The quantitative estimate of drug-likeness (QED) is 0.648. The number of nitrogens with one attached hydrogen (secondary N) is 1. The average Bonchev–Trinajstić information content (AvgIpc) is 3.17. The lowest BCUT2D eigenvalue weighted by Crippen LogP contribution is -2.37. The van der Waals surface area contributed by atoms with Crippen LogP contribution in [0.3, 0.4) is 0 Å². The zero-order valence-electron chi connectivity index (χ0n) is 15.6. The van der Waals surface area contributed by atoms with E-state index < -0.39 is 0 Å². The van der Waals surface area contributed by atoms with Crippen molar-refractivity contribution in [3.63, 3.8) is 0 Å². The van der Waals surface area contributed by atoms with E-state index in [0.29, 0.717) is 0 Å². The smallest absolute Gasteiger partial charge is 0.165 e. The Morgan fingerprint density at radius 2 is 1.96 bits per heavy atom. The number of morpholine rings is 1. The minimum absolute atomic E-state index is 0.839. The second kappa shape index (κ2) is 8.37. The first-order valence-corrected chi connectivity index (χ1v) is 9.36. The third kappa shape index (κ3) is 4.04. The Hall–Kier alpha value is -2.64. The average molecular weight is 367 g/mol. The lowest BCUT2D eigenvalue weighted by molar-refractivity contribution is 0.0378. The Morgan fingerprint density at radius 1 is 1.15 bits per heavy atom. The van der Waals surface area contributed by atoms with Gasteiger partial charge in [-0.25, -0.2) is 4.98 Å². The molecule has 2 aromatic heterocycles. The fraction of sp³-hybridized carbons (Fsp3) is 0.400. The van der Waals surface area contributed by atoms with Crippen molar-refractivity contribution in [2.24, 2.45) is 0 Å². The van der Waals surface area contributed by atoms with Gasteiger partial charge in [-0.3, -0.25) is 4.90 Å². The highest BCUT2D eigenvalue weighted by molar-refractivity contribution is 5.78. The van der Waals surface area contributed by atoms with E-state index in [1.807, 2.05) is 47.2 Å². The number of methoxy groups -OCH3 is 1. The summed E-state index contributed by atoms with van der Waals surface area (Å²) in [5.74, 6) is 1.80. The maximum Gasteiger partial charge on any atom is 0.165 e. The van der Waals surface area contributed by atoms with Gasteiger partial charge >= 0.3 is 0 Å². The van der Waals surface area contributed by atoms with E-state index in [1.165, 1.54) is 0 Å². The zero-order chi connectivity index (χ0) is 18.5. The molecule has 0 spiro atoms. The molecule has 0 aliphatic carbocycles. The first-order chi connectivity index (χ1) is 13.3. The summed E-state index contributed by atoms with van der Waals surface area (Å²) >= 11 is 0. The summed E-state index contributed by atoms with van der Waals surface area (Å²) < 4.78 is 12.5. The Labute approximate surface area is 158 Å². The van der Waals surface area contributed by atoms with E-state index in [1.54, 1.807) is 7.11 Å². The van der Waals surface area contributed by atoms with Crippen LogP contribution in [0.15, 0.2) is 42.7 Å². The molecule has 0 saturated carbocycles. The van der Waals surface area contributed by atoms with Crippen LogP contribution in [0.1, 0.15) is 6.42 Å². The molecule has 0 radical (unpaired) electrons. The van der Waals surface area contributed by atoms with Gasteiger partial charge in [0.15, 0.2) is 5.65 Å². The molecule has 1 N–H and O–H groups in total. The van der Waals surface area contributed by atoms with Crippen LogP contribution in [0.25, 0.3) is 16.8 Å². The topological polar surface area (TPSA) is 63.9 Å². The van der Waals surface area contributed by atoms with E-state index in [0.717, 1.165) is 74.2 Å². The molecule has 3 aromatic rings. The van der Waals surface area contributed by atoms with E-state index in [9.17, 15) is 0 Å². The molecule has 3 heterocycles. The summed E-state index contributed by atoms with van der Waals surface area (Å²) in [6.07, 6.45) is 4.77. The molecule has 1 aromatic carbocycles. The molecule has 0 unspecified atom stereocenters. The van der Waals surface area contributed by atoms with Crippen LogP contribution in [-0.2, 0) is 4.74 Å². The third-order valence-electron chi connectivity index (χ3n) is 4.86. The Balaban J connectivity index is 1.43. The van der Waals surface area contributed by atoms with Crippen LogP contribution in [-0.4, -0.2) is 66.0 Å². The van der Waals surface area contributed by atoms with E-state index in [-0.39, 0.29) is 0 Å². The van der Waals surface area contributed by atoms with Gasteiger partial charge < -0.3 is 14.8 Å². The van der Waals surface area contributed by atoms with Gasteiger partial charge in [0.05, 0.1) is 26.5 Å². The number of aromatic nitrogens is 3. The highest BCUT2D eigenvalue weighted by Crippen LogP contribution is 2.26. The van der Waals surface area contributed by atoms with Crippen molar-refractivity contribution < 1.29 is 9.47 Å². The third-order valence-corrected chi connectivity index (χ3v) is 4.86. The maximum absolute atomic E-state index is 5.39. The molecule has 0 bridgehead atoms. The van der Waals surface area contributed by atoms with Gasteiger partial charge in [0.1, 0.15) is 11.6 Å². The predicted octanol–water partition coefficient (Wildman–Crippen LogP) is 2.54. The predicted molar refractivity (Wildman–Crippen MR) is 105 cm³/mol. The number of nitrogens with zero attached hydrogens (tertiary/aromatic N) is 4. The molecule has 4 rings (SSSR count). The molecule has 1 fully saturated rings. The normalized spacial score (nSPS) is 15.1. The number of rotatable bonds is 7. The highest BCUT2D eigenvalue weighted by Gasteiger charge is 2.12. The Kier molecular flexibility index (Phi) is 5.50. The number of hydrogen-bond donors (Lipinski definition) is 1.